The van der Waals surface area contributed by atoms with Crippen LogP contribution in [0.3, 0.4) is 0 Å². The lowest BCUT2D eigenvalue weighted by atomic mass is 9.71. The molecule has 1 unspecified atom stereocenters. The number of hydrogen-bond acceptors (Lipinski definition) is 3. The van der Waals surface area contributed by atoms with Gasteiger partial charge < -0.3 is 4.74 Å². The van der Waals surface area contributed by atoms with E-state index in [-0.39, 0.29) is 5.97 Å². The summed E-state index contributed by atoms with van der Waals surface area (Å²) in [5.74, 6) is -0.799. The number of esters is 2. The standard InChI is InChI=1S/C13H16O3/c1-3-4-7-13-8-5-6-9(2)10(13)11(14)16-12(13)15/h5-6H,3-4,7-8H2,1-2H3. The predicted molar refractivity (Wildman–Crippen MR) is 59.5 cm³/mol. The highest BCUT2D eigenvalue weighted by molar-refractivity contribution is 6.11. The molecule has 3 nitrogen and oxygen atoms in total. The normalized spacial score (nSPS) is 28.4. The summed E-state index contributed by atoms with van der Waals surface area (Å²) in [6.45, 7) is 3.94. The predicted octanol–water partition coefficient (Wildman–Crippen LogP) is 2.52. The topological polar surface area (TPSA) is 43.4 Å². The molecule has 0 radical (unpaired) electrons. The Morgan fingerprint density at radius 2 is 2.19 bits per heavy atom. The molecular formula is C13H16O3. The molecule has 1 fully saturated rings. The Hall–Kier alpha value is -1.38. The van der Waals surface area contributed by atoms with Crippen molar-refractivity contribution in [2.75, 3.05) is 0 Å². The lowest BCUT2D eigenvalue weighted by molar-refractivity contribution is -0.155. The molecule has 0 aromatic heterocycles. The summed E-state index contributed by atoms with van der Waals surface area (Å²) < 4.78 is 4.80. The third kappa shape index (κ3) is 1.42. The summed E-state index contributed by atoms with van der Waals surface area (Å²) in [6, 6.07) is 0. The Balaban J connectivity index is 2.43. The summed E-state index contributed by atoms with van der Waals surface area (Å²) in [5.41, 5.74) is 0.790. The molecule has 0 bridgehead atoms. The monoisotopic (exact) mass is 220 g/mol. The molecule has 0 aromatic rings. The molecule has 0 aromatic carbocycles. The molecule has 2 aliphatic rings. The quantitative estimate of drug-likeness (QED) is 0.542. The number of carbonyl (C=O) groups is 2. The van der Waals surface area contributed by atoms with Gasteiger partial charge in [0.1, 0.15) is 5.41 Å². The average Bonchev–Trinajstić information content (AvgIpc) is 2.50. The van der Waals surface area contributed by atoms with E-state index in [0.29, 0.717) is 18.4 Å². The van der Waals surface area contributed by atoms with Crippen molar-refractivity contribution in [1.29, 1.82) is 0 Å². The molecule has 0 saturated carbocycles. The van der Waals surface area contributed by atoms with Gasteiger partial charge in [0.15, 0.2) is 0 Å². The molecule has 1 heterocycles. The number of carbonyl (C=O) groups excluding carboxylic acids is 2. The largest absolute Gasteiger partial charge is 0.389 e. The van der Waals surface area contributed by atoms with Crippen LogP contribution >= 0.6 is 0 Å². The number of hydrogen-bond donors (Lipinski definition) is 0. The van der Waals surface area contributed by atoms with Gasteiger partial charge in [-0.1, -0.05) is 31.9 Å². The first-order chi connectivity index (χ1) is 7.62. The summed E-state index contributed by atoms with van der Waals surface area (Å²) in [5, 5.41) is 0. The van der Waals surface area contributed by atoms with Crippen LogP contribution in [0.15, 0.2) is 23.3 Å². The van der Waals surface area contributed by atoms with Gasteiger partial charge in [-0.15, -0.1) is 0 Å². The van der Waals surface area contributed by atoms with Crippen LogP contribution in [-0.2, 0) is 14.3 Å². The SMILES string of the molecule is CCCCC12CC=CC(C)=C1C(=O)OC2=O. The Labute approximate surface area is 95.2 Å². The van der Waals surface area contributed by atoms with Crippen LogP contribution in [-0.4, -0.2) is 11.9 Å². The summed E-state index contributed by atoms with van der Waals surface area (Å²) in [4.78, 5) is 23.5. The van der Waals surface area contributed by atoms with E-state index in [1.807, 2.05) is 19.1 Å². The molecule has 16 heavy (non-hydrogen) atoms. The van der Waals surface area contributed by atoms with E-state index in [2.05, 4.69) is 6.92 Å². The van der Waals surface area contributed by atoms with Crippen molar-refractivity contribution in [3.8, 4) is 0 Å². The number of cyclic esters (lactones) is 2. The first-order valence-corrected chi connectivity index (χ1v) is 5.76. The molecule has 1 aliphatic heterocycles. The van der Waals surface area contributed by atoms with E-state index in [1.165, 1.54) is 0 Å². The van der Waals surface area contributed by atoms with Crippen LogP contribution in [0.4, 0.5) is 0 Å². The van der Waals surface area contributed by atoms with E-state index in [4.69, 9.17) is 4.74 Å². The van der Waals surface area contributed by atoms with Crippen LogP contribution in [0, 0.1) is 5.41 Å². The third-order valence-electron chi connectivity index (χ3n) is 3.44. The van der Waals surface area contributed by atoms with E-state index >= 15 is 0 Å². The highest BCUT2D eigenvalue weighted by atomic mass is 16.6. The van der Waals surface area contributed by atoms with Gasteiger partial charge in [-0.3, -0.25) is 4.79 Å². The van der Waals surface area contributed by atoms with Gasteiger partial charge in [0.05, 0.1) is 5.57 Å². The summed E-state index contributed by atoms with van der Waals surface area (Å²) in [6.07, 6.45) is 7.13. The minimum atomic E-state index is -0.675. The Morgan fingerprint density at radius 1 is 1.44 bits per heavy atom. The van der Waals surface area contributed by atoms with Crippen LogP contribution in [0.25, 0.3) is 0 Å². The van der Waals surface area contributed by atoms with Crippen molar-refractivity contribution in [2.24, 2.45) is 5.41 Å². The van der Waals surface area contributed by atoms with Crippen molar-refractivity contribution in [3.63, 3.8) is 0 Å². The van der Waals surface area contributed by atoms with Crippen molar-refractivity contribution in [2.45, 2.75) is 39.5 Å². The lowest BCUT2D eigenvalue weighted by Crippen LogP contribution is -2.29. The first-order valence-electron chi connectivity index (χ1n) is 5.76. The molecule has 1 atom stereocenters. The molecule has 1 saturated heterocycles. The van der Waals surface area contributed by atoms with Crippen LogP contribution < -0.4 is 0 Å². The number of rotatable bonds is 3. The maximum Gasteiger partial charge on any atom is 0.343 e. The smallest absolute Gasteiger partial charge is 0.343 e. The zero-order chi connectivity index (χ0) is 11.8. The van der Waals surface area contributed by atoms with E-state index in [1.54, 1.807) is 0 Å². The van der Waals surface area contributed by atoms with Crippen LogP contribution in [0.1, 0.15) is 39.5 Å². The molecule has 0 spiro atoms. The van der Waals surface area contributed by atoms with E-state index in [9.17, 15) is 9.59 Å². The molecule has 0 N–H and O–H groups in total. The van der Waals surface area contributed by atoms with Gasteiger partial charge in [-0.2, -0.15) is 0 Å². The second-order valence-electron chi connectivity index (χ2n) is 4.53. The summed E-state index contributed by atoms with van der Waals surface area (Å²) >= 11 is 0. The molecule has 2 rings (SSSR count). The molecule has 3 heteroatoms. The number of allylic oxidation sites excluding steroid dienone is 3. The molecular weight excluding hydrogens is 204 g/mol. The maximum atomic E-state index is 11.9. The Kier molecular flexibility index (Phi) is 2.70. The highest BCUT2D eigenvalue weighted by Gasteiger charge is 2.53. The van der Waals surface area contributed by atoms with Gasteiger partial charge in [0, 0.05) is 0 Å². The second kappa shape index (κ2) is 3.89. The molecule has 1 aliphatic carbocycles. The van der Waals surface area contributed by atoms with Gasteiger partial charge in [-0.05, 0) is 25.3 Å². The minimum absolute atomic E-state index is 0.357. The summed E-state index contributed by atoms with van der Waals surface area (Å²) in [7, 11) is 0. The Bertz CT molecular complexity index is 403. The lowest BCUT2D eigenvalue weighted by Gasteiger charge is -2.27. The van der Waals surface area contributed by atoms with Gasteiger partial charge in [0.2, 0.25) is 0 Å². The molecule has 86 valence electrons. The number of fused-ring (bicyclic) bond motifs is 1. The van der Waals surface area contributed by atoms with Gasteiger partial charge in [-0.25, -0.2) is 4.79 Å². The highest BCUT2D eigenvalue weighted by Crippen LogP contribution is 2.47. The second-order valence-corrected chi connectivity index (χ2v) is 4.53. The Morgan fingerprint density at radius 3 is 2.88 bits per heavy atom. The fraction of sp³-hybridized carbons (Fsp3) is 0.538. The number of ether oxygens (including phenoxy) is 1. The van der Waals surface area contributed by atoms with E-state index < -0.39 is 11.4 Å². The minimum Gasteiger partial charge on any atom is -0.389 e. The molecule has 0 amide bonds. The van der Waals surface area contributed by atoms with Crippen molar-refractivity contribution < 1.29 is 14.3 Å². The van der Waals surface area contributed by atoms with Gasteiger partial charge in [0.25, 0.3) is 0 Å². The van der Waals surface area contributed by atoms with Crippen molar-refractivity contribution in [1.82, 2.24) is 0 Å². The fourth-order valence-electron chi connectivity index (χ4n) is 2.58. The first kappa shape index (κ1) is 11.1. The average molecular weight is 220 g/mol. The maximum absolute atomic E-state index is 11.9. The number of unbranched alkanes of at least 4 members (excludes halogenated alkanes) is 1. The van der Waals surface area contributed by atoms with Crippen molar-refractivity contribution in [3.05, 3.63) is 23.3 Å². The van der Waals surface area contributed by atoms with Gasteiger partial charge >= 0.3 is 11.9 Å². The van der Waals surface area contributed by atoms with Crippen LogP contribution in [0.2, 0.25) is 0 Å². The van der Waals surface area contributed by atoms with E-state index in [0.717, 1.165) is 18.4 Å². The van der Waals surface area contributed by atoms with Crippen LogP contribution in [0.5, 0.6) is 0 Å². The zero-order valence-electron chi connectivity index (χ0n) is 9.71. The fourth-order valence-corrected chi connectivity index (χ4v) is 2.58. The third-order valence-corrected chi connectivity index (χ3v) is 3.44. The van der Waals surface area contributed by atoms with Crippen molar-refractivity contribution >= 4 is 11.9 Å². The zero-order valence-corrected chi connectivity index (χ0v) is 9.71.